The first-order chi connectivity index (χ1) is 13.8. The van der Waals surface area contributed by atoms with E-state index in [-0.39, 0.29) is 29.2 Å². The second kappa shape index (κ2) is 8.37. The van der Waals surface area contributed by atoms with Gasteiger partial charge in [0.1, 0.15) is 0 Å². The summed E-state index contributed by atoms with van der Waals surface area (Å²) in [6.45, 7) is 1.09. The summed E-state index contributed by atoms with van der Waals surface area (Å²) in [5.74, 6) is -0.470. The zero-order valence-corrected chi connectivity index (χ0v) is 16.0. The summed E-state index contributed by atoms with van der Waals surface area (Å²) in [5, 5.41) is 13.3. The van der Waals surface area contributed by atoms with Crippen molar-refractivity contribution in [2.45, 2.75) is 4.90 Å². The number of nitrogens with one attached hydrogen (secondary N) is 1. The van der Waals surface area contributed by atoms with Crippen molar-refractivity contribution in [3.8, 4) is 0 Å². The lowest BCUT2D eigenvalue weighted by Gasteiger charge is -2.31. The van der Waals surface area contributed by atoms with Crippen LogP contribution in [0.2, 0.25) is 0 Å². The maximum atomic E-state index is 12.7. The quantitative estimate of drug-likeness (QED) is 0.428. The number of piperazine rings is 1. The molecule has 29 heavy (non-hydrogen) atoms. The first-order valence-electron chi connectivity index (χ1n) is 8.66. The minimum atomic E-state index is -3.71. The van der Waals surface area contributed by atoms with Gasteiger partial charge in [-0.15, -0.1) is 0 Å². The van der Waals surface area contributed by atoms with Crippen LogP contribution in [0.4, 0.5) is 11.4 Å². The van der Waals surface area contributed by atoms with Gasteiger partial charge in [0.05, 0.1) is 9.82 Å². The summed E-state index contributed by atoms with van der Waals surface area (Å²) >= 11 is 0. The molecule has 2 amide bonds. The molecule has 0 aliphatic carbocycles. The Bertz CT molecular complexity index is 1010. The van der Waals surface area contributed by atoms with Crippen LogP contribution >= 0.6 is 0 Å². The van der Waals surface area contributed by atoms with E-state index < -0.39 is 20.9 Å². The molecular weight excluding hydrogens is 400 g/mol. The van der Waals surface area contributed by atoms with Gasteiger partial charge in [-0.1, -0.05) is 0 Å². The minimum Gasteiger partial charge on any atom is -0.343 e. The van der Waals surface area contributed by atoms with E-state index in [1.165, 1.54) is 57.7 Å². The standard InChI is InChI=1S/C18H18N4O6S/c23-13-20-9-11-21(12-10-20)29(27,28)17-7-1-14(2-8-17)18(24)19-15-3-5-16(6-4-15)22(25)26/h1-8,13H,9-12H2,(H,19,24). The van der Waals surface area contributed by atoms with Crippen LogP contribution < -0.4 is 5.32 Å². The predicted octanol–water partition coefficient (Wildman–Crippen LogP) is 1.31. The molecule has 3 rings (SSSR count). The average molecular weight is 418 g/mol. The monoisotopic (exact) mass is 418 g/mol. The Labute approximate surface area is 166 Å². The predicted molar refractivity (Wildman–Crippen MR) is 104 cm³/mol. The molecule has 2 aromatic rings. The number of carbonyl (C=O) groups excluding carboxylic acids is 2. The van der Waals surface area contributed by atoms with Gasteiger partial charge in [0.2, 0.25) is 16.4 Å². The van der Waals surface area contributed by atoms with Crippen LogP contribution in [0.15, 0.2) is 53.4 Å². The number of carbonyl (C=O) groups is 2. The van der Waals surface area contributed by atoms with Crippen molar-refractivity contribution < 1.29 is 22.9 Å². The fourth-order valence-electron chi connectivity index (χ4n) is 2.85. The number of hydrogen-bond donors (Lipinski definition) is 1. The van der Waals surface area contributed by atoms with E-state index in [4.69, 9.17) is 0 Å². The van der Waals surface area contributed by atoms with Gasteiger partial charge in [0.25, 0.3) is 11.6 Å². The fourth-order valence-corrected chi connectivity index (χ4v) is 4.27. The second-order valence-corrected chi connectivity index (χ2v) is 8.27. The molecule has 0 unspecified atom stereocenters. The molecule has 0 saturated carbocycles. The van der Waals surface area contributed by atoms with Gasteiger partial charge in [-0.25, -0.2) is 8.42 Å². The number of benzene rings is 2. The Morgan fingerprint density at radius 2 is 1.59 bits per heavy atom. The second-order valence-electron chi connectivity index (χ2n) is 6.33. The molecule has 0 radical (unpaired) electrons. The van der Waals surface area contributed by atoms with Crippen LogP contribution in [0.3, 0.4) is 0 Å². The molecule has 0 aromatic heterocycles. The molecule has 0 spiro atoms. The van der Waals surface area contributed by atoms with Crippen molar-refractivity contribution in [2.24, 2.45) is 0 Å². The third kappa shape index (κ3) is 4.58. The highest BCUT2D eigenvalue weighted by molar-refractivity contribution is 7.89. The van der Waals surface area contributed by atoms with Crippen molar-refractivity contribution in [3.63, 3.8) is 0 Å². The van der Waals surface area contributed by atoms with Gasteiger partial charge < -0.3 is 10.2 Å². The highest BCUT2D eigenvalue weighted by atomic mass is 32.2. The highest BCUT2D eigenvalue weighted by Gasteiger charge is 2.28. The number of hydrogen-bond acceptors (Lipinski definition) is 6. The molecule has 1 heterocycles. The van der Waals surface area contributed by atoms with Crippen LogP contribution in [0.1, 0.15) is 10.4 Å². The third-order valence-electron chi connectivity index (χ3n) is 4.51. The lowest BCUT2D eigenvalue weighted by molar-refractivity contribution is -0.384. The van der Waals surface area contributed by atoms with Crippen LogP contribution in [0.25, 0.3) is 0 Å². The molecule has 0 atom stereocenters. The maximum Gasteiger partial charge on any atom is 0.269 e. The van der Waals surface area contributed by atoms with Crippen molar-refractivity contribution >= 4 is 33.7 Å². The summed E-state index contributed by atoms with van der Waals surface area (Å²) in [5.41, 5.74) is 0.532. The Balaban J connectivity index is 1.68. The van der Waals surface area contributed by atoms with Gasteiger partial charge in [-0.3, -0.25) is 19.7 Å². The van der Waals surface area contributed by atoms with E-state index in [0.717, 1.165) is 0 Å². The van der Waals surface area contributed by atoms with Gasteiger partial charge in [0.15, 0.2) is 0 Å². The summed E-state index contributed by atoms with van der Waals surface area (Å²) in [4.78, 5) is 34.8. The topological polar surface area (TPSA) is 130 Å². The van der Waals surface area contributed by atoms with Crippen molar-refractivity contribution in [1.29, 1.82) is 0 Å². The number of nitrogens with zero attached hydrogens (tertiary/aromatic N) is 3. The Morgan fingerprint density at radius 1 is 1.00 bits per heavy atom. The van der Waals surface area contributed by atoms with Crippen molar-refractivity contribution in [3.05, 3.63) is 64.2 Å². The first kappa shape index (κ1) is 20.4. The Kier molecular flexibility index (Phi) is 5.89. The van der Waals surface area contributed by atoms with Crippen molar-refractivity contribution in [2.75, 3.05) is 31.5 Å². The summed E-state index contributed by atoms with van der Waals surface area (Å²) in [6, 6.07) is 10.9. The lowest BCUT2D eigenvalue weighted by atomic mass is 10.2. The number of anilines is 1. The molecule has 152 valence electrons. The van der Waals surface area contributed by atoms with Crippen LogP contribution in [-0.4, -0.2) is 61.0 Å². The number of rotatable bonds is 6. The molecule has 1 aliphatic heterocycles. The number of sulfonamides is 1. The van der Waals surface area contributed by atoms with Crippen LogP contribution in [-0.2, 0) is 14.8 Å². The van der Waals surface area contributed by atoms with Crippen LogP contribution in [0, 0.1) is 10.1 Å². The van der Waals surface area contributed by atoms with E-state index in [1.54, 1.807) is 0 Å². The summed E-state index contributed by atoms with van der Waals surface area (Å²) < 4.78 is 26.7. The van der Waals surface area contributed by atoms with E-state index in [2.05, 4.69) is 5.32 Å². The number of amides is 2. The van der Waals surface area contributed by atoms with Gasteiger partial charge in [0, 0.05) is 49.6 Å². The van der Waals surface area contributed by atoms with Crippen LogP contribution in [0.5, 0.6) is 0 Å². The smallest absolute Gasteiger partial charge is 0.269 e. The van der Waals surface area contributed by atoms with Gasteiger partial charge in [-0.05, 0) is 36.4 Å². The fraction of sp³-hybridized carbons (Fsp3) is 0.222. The lowest BCUT2D eigenvalue weighted by Crippen LogP contribution is -2.47. The third-order valence-corrected chi connectivity index (χ3v) is 6.43. The molecular formula is C18H18N4O6S. The molecule has 2 aromatic carbocycles. The zero-order chi connectivity index (χ0) is 21.0. The molecule has 1 aliphatic rings. The molecule has 1 saturated heterocycles. The molecule has 10 nitrogen and oxygen atoms in total. The number of non-ortho nitro benzene ring substituents is 1. The average Bonchev–Trinajstić information content (AvgIpc) is 2.74. The van der Waals surface area contributed by atoms with Gasteiger partial charge in [-0.2, -0.15) is 4.31 Å². The molecule has 11 heteroatoms. The molecule has 0 bridgehead atoms. The van der Waals surface area contributed by atoms with E-state index in [1.807, 2.05) is 0 Å². The Hall–Kier alpha value is -3.31. The highest BCUT2D eigenvalue weighted by Crippen LogP contribution is 2.20. The SMILES string of the molecule is O=CN1CCN(S(=O)(=O)c2ccc(C(=O)Nc3ccc([N+](=O)[O-])cc3)cc2)CC1. The Morgan fingerprint density at radius 3 is 2.10 bits per heavy atom. The zero-order valence-electron chi connectivity index (χ0n) is 15.2. The largest absolute Gasteiger partial charge is 0.343 e. The molecule has 1 fully saturated rings. The molecule has 1 N–H and O–H groups in total. The number of nitro benzene ring substituents is 1. The summed E-state index contributed by atoms with van der Waals surface area (Å²) in [7, 11) is -3.71. The van der Waals surface area contributed by atoms with Crippen molar-refractivity contribution in [1.82, 2.24) is 9.21 Å². The number of nitro groups is 1. The minimum absolute atomic E-state index is 0.0592. The van der Waals surface area contributed by atoms with Gasteiger partial charge >= 0.3 is 0 Å². The first-order valence-corrected chi connectivity index (χ1v) is 10.1. The van der Waals surface area contributed by atoms with E-state index in [0.29, 0.717) is 25.2 Å². The normalized spacial score (nSPS) is 15.0. The van der Waals surface area contributed by atoms with E-state index >= 15 is 0 Å². The maximum absolute atomic E-state index is 12.7. The van der Waals surface area contributed by atoms with E-state index in [9.17, 15) is 28.1 Å². The summed E-state index contributed by atoms with van der Waals surface area (Å²) in [6.07, 6.45) is 0.697.